The minimum Gasteiger partial charge on any atom is -0.308 e. The molecule has 3 aromatic rings. The van der Waals surface area contributed by atoms with Crippen molar-refractivity contribution in [2.75, 3.05) is 32.1 Å². The van der Waals surface area contributed by atoms with E-state index in [2.05, 4.69) is 30.9 Å². The third-order valence-corrected chi connectivity index (χ3v) is 5.80. The fourth-order valence-electron chi connectivity index (χ4n) is 2.69. The van der Waals surface area contributed by atoms with Crippen LogP contribution in [0.25, 0.3) is 10.2 Å². The van der Waals surface area contributed by atoms with Gasteiger partial charge in [-0.15, -0.1) is 0 Å². The van der Waals surface area contributed by atoms with Gasteiger partial charge in [-0.1, -0.05) is 41.1 Å². The lowest BCUT2D eigenvalue weighted by Crippen LogP contribution is -2.36. The number of aryl methyl sites for hydroxylation is 2. The van der Waals surface area contributed by atoms with E-state index in [1.807, 2.05) is 26.2 Å². The molecule has 2 aromatic carbocycles. The smallest absolute Gasteiger partial charge is 0.261 e. The molecule has 0 fully saturated rings. The summed E-state index contributed by atoms with van der Waals surface area (Å²) < 4.78 is 1.09. The Morgan fingerprint density at radius 3 is 2.54 bits per heavy atom. The Morgan fingerprint density at radius 2 is 1.85 bits per heavy atom. The number of amides is 1. The number of benzene rings is 2. The molecule has 0 unspecified atom stereocenters. The highest BCUT2D eigenvalue weighted by Crippen LogP contribution is 2.33. The number of halogens is 1. The largest absolute Gasteiger partial charge is 0.308 e. The van der Waals surface area contributed by atoms with Crippen molar-refractivity contribution in [1.82, 2.24) is 9.88 Å². The number of likely N-dealkylation sites (N-methyl/N-ethyl adjacent to an activating group) is 1. The molecule has 1 heterocycles. The summed E-state index contributed by atoms with van der Waals surface area (Å²) >= 11 is 7.80. The number of hydrogen-bond acceptors (Lipinski definition) is 4. The molecule has 136 valence electrons. The van der Waals surface area contributed by atoms with E-state index in [4.69, 9.17) is 16.6 Å². The highest BCUT2D eigenvalue weighted by atomic mass is 35.5. The number of nitrogens with zero attached hydrogens (tertiary/aromatic N) is 3. The van der Waals surface area contributed by atoms with Crippen LogP contribution in [-0.4, -0.2) is 43.0 Å². The molecule has 0 aliphatic rings. The number of thiazole rings is 1. The van der Waals surface area contributed by atoms with Crippen molar-refractivity contribution in [1.29, 1.82) is 0 Å². The van der Waals surface area contributed by atoms with Crippen LogP contribution in [0.2, 0.25) is 5.02 Å². The van der Waals surface area contributed by atoms with E-state index in [1.54, 1.807) is 28.4 Å². The van der Waals surface area contributed by atoms with Gasteiger partial charge in [0.1, 0.15) is 0 Å². The second-order valence-corrected chi connectivity index (χ2v) is 8.01. The molecule has 0 aliphatic carbocycles. The van der Waals surface area contributed by atoms with Crippen LogP contribution in [0.1, 0.15) is 21.5 Å². The van der Waals surface area contributed by atoms with E-state index in [-0.39, 0.29) is 5.91 Å². The number of aromatic nitrogens is 1. The summed E-state index contributed by atoms with van der Waals surface area (Å²) in [6, 6.07) is 11.3. The molecular formula is C20H22ClN3OS. The van der Waals surface area contributed by atoms with Crippen LogP contribution in [0, 0.1) is 13.8 Å². The lowest BCUT2D eigenvalue weighted by atomic mass is 10.1. The Labute approximate surface area is 163 Å². The van der Waals surface area contributed by atoms with Crippen molar-refractivity contribution < 1.29 is 4.79 Å². The van der Waals surface area contributed by atoms with Gasteiger partial charge in [-0.2, -0.15) is 0 Å². The quantitative estimate of drug-likeness (QED) is 0.632. The predicted molar refractivity (Wildman–Crippen MR) is 111 cm³/mol. The minimum atomic E-state index is -0.120. The molecule has 3 rings (SSSR count). The second kappa shape index (κ2) is 7.74. The third-order valence-electron chi connectivity index (χ3n) is 4.42. The van der Waals surface area contributed by atoms with Crippen molar-refractivity contribution >= 4 is 44.2 Å². The van der Waals surface area contributed by atoms with Crippen molar-refractivity contribution in [2.24, 2.45) is 0 Å². The molecule has 0 atom stereocenters. The van der Waals surface area contributed by atoms with Gasteiger partial charge >= 0.3 is 0 Å². The lowest BCUT2D eigenvalue weighted by molar-refractivity contribution is 0.0985. The summed E-state index contributed by atoms with van der Waals surface area (Å²) in [5, 5.41) is 1.17. The number of rotatable bonds is 5. The molecule has 1 aromatic heterocycles. The predicted octanol–water partition coefficient (Wildman–Crippen LogP) is 4.77. The first kappa shape index (κ1) is 18.8. The van der Waals surface area contributed by atoms with Crippen LogP contribution in [0.15, 0.2) is 36.4 Å². The van der Waals surface area contributed by atoms with Crippen molar-refractivity contribution in [3.8, 4) is 0 Å². The molecule has 26 heavy (non-hydrogen) atoms. The van der Waals surface area contributed by atoms with Gasteiger partial charge in [0.25, 0.3) is 5.91 Å². The van der Waals surface area contributed by atoms with E-state index in [9.17, 15) is 4.79 Å². The fourth-order valence-corrected chi connectivity index (χ4v) is 3.96. The molecule has 0 saturated carbocycles. The Bertz CT molecular complexity index is 951. The Kier molecular flexibility index (Phi) is 5.61. The lowest BCUT2D eigenvalue weighted by Gasteiger charge is -2.22. The first-order valence-corrected chi connectivity index (χ1v) is 9.66. The van der Waals surface area contributed by atoms with E-state index in [1.165, 1.54) is 5.56 Å². The third kappa shape index (κ3) is 3.75. The van der Waals surface area contributed by atoms with Crippen LogP contribution in [0.5, 0.6) is 0 Å². The molecular weight excluding hydrogens is 366 g/mol. The van der Waals surface area contributed by atoms with E-state index < -0.39 is 0 Å². The zero-order valence-corrected chi connectivity index (χ0v) is 17.0. The zero-order chi connectivity index (χ0) is 18.8. The molecule has 4 nitrogen and oxygen atoms in total. The monoisotopic (exact) mass is 387 g/mol. The van der Waals surface area contributed by atoms with E-state index in [0.29, 0.717) is 22.3 Å². The maximum atomic E-state index is 13.2. The molecule has 0 aliphatic heterocycles. The SMILES string of the molecule is Cc1ccc2sc(N(CCN(C)C)C(=O)c3ccccc3Cl)nc2c1C. The first-order valence-electron chi connectivity index (χ1n) is 8.46. The molecule has 6 heteroatoms. The summed E-state index contributed by atoms with van der Waals surface area (Å²) in [6.45, 7) is 5.44. The first-order chi connectivity index (χ1) is 12.4. The molecule has 0 radical (unpaired) electrons. The molecule has 0 bridgehead atoms. The van der Waals surface area contributed by atoms with Gasteiger partial charge in [0.15, 0.2) is 5.13 Å². The molecule has 0 N–H and O–H groups in total. The van der Waals surface area contributed by atoms with Gasteiger partial charge in [0, 0.05) is 13.1 Å². The Hall–Kier alpha value is -1.95. The number of hydrogen-bond donors (Lipinski definition) is 0. The zero-order valence-electron chi connectivity index (χ0n) is 15.4. The van der Waals surface area contributed by atoms with Crippen LogP contribution >= 0.6 is 22.9 Å². The molecule has 1 amide bonds. The summed E-state index contributed by atoms with van der Waals surface area (Å²) in [5.41, 5.74) is 3.82. The average molecular weight is 388 g/mol. The summed E-state index contributed by atoms with van der Waals surface area (Å²) in [4.78, 5) is 21.8. The summed E-state index contributed by atoms with van der Waals surface area (Å²) in [6.07, 6.45) is 0. The Balaban J connectivity index is 2.05. The molecule has 0 spiro atoms. The highest BCUT2D eigenvalue weighted by Gasteiger charge is 2.23. The van der Waals surface area contributed by atoms with Gasteiger partial charge in [-0.3, -0.25) is 9.69 Å². The number of carbonyl (C=O) groups is 1. The number of anilines is 1. The number of fused-ring (bicyclic) bond motifs is 1. The van der Waals surface area contributed by atoms with Gasteiger partial charge in [-0.05, 0) is 57.3 Å². The van der Waals surface area contributed by atoms with Gasteiger partial charge in [0.05, 0.1) is 20.8 Å². The van der Waals surface area contributed by atoms with Crippen LogP contribution < -0.4 is 4.90 Å². The number of carbonyl (C=O) groups excluding carboxylic acids is 1. The summed E-state index contributed by atoms with van der Waals surface area (Å²) in [5.74, 6) is -0.120. The summed E-state index contributed by atoms with van der Waals surface area (Å²) in [7, 11) is 3.98. The molecule has 0 saturated heterocycles. The highest BCUT2D eigenvalue weighted by molar-refractivity contribution is 7.22. The van der Waals surface area contributed by atoms with Crippen LogP contribution in [-0.2, 0) is 0 Å². The van der Waals surface area contributed by atoms with Gasteiger partial charge in [-0.25, -0.2) is 4.98 Å². The van der Waals surface area contributed by atoms with Crippen molar-refractivity contribution in [3.05, 3.63) is 58.1 Å². The second-order valence-electron chi connectivity index (χ2n) is 6.59. The normalized spacial score (nSPS) is 11.3. The minimum absolute atomic E-state index is 0.120. The topological polar surface area (TPSA) is 36.4 Å². The fraction of sp³-hybridized carbons (Fsp3) is 0.300. The van der Waals surface area contributed by atoms with Crippen molar-refractivity contribution in [3.63, 3.8) is 0 Å². The Morgan fingerprint density at radius 1 is 1.12 bits per heavy atom. The van der Waals surface area contributed by atoms with Crippen LogP contribution in [0.4, 0.5) is 5.13 Å². The standard InChI is InChI=1S/C20H22ClN3OS/c1-13-9-10-17-18(14(13)2)22-20(26-17)24(12-11-23(3)4)19(25)15-7-5-6-8-16(15)21/h5-10H,11-12H2,1-4H3. The van der Waals surface area contributed by atoms with E-state index in [0.717, 1.165) is 22.3 Å². The van der Waals surface area contributed by atoms with Gasteiger partial charge < -0.3 is 4.90 Å². The van der Waals surface area contributed by atoms with Crippen LogP contribution in [0.3, 0.4) is 0 Å². The van der Waals surface area contributed by atoms with Crippen molar-refractivity contribution in [2.45, 2.75) is 13.8 Å². The van der Waals surface area contributed by atoms with E-state index >= 15 is 0 Å². The average Bonchev–Trinajstić information content (AvgIpc) is 3.03. The maximum absolute atomic E-state index is 13.2. The maximum Gasteiger partial charge on any atom is 0.261 e. The van der Waals surface area contributed by atoms with Gasteiger partial charge in [0.2, 0.25) is 0 Å².